The second-order valence-corrected chi connectivity index (χ2v) is 2.37. The summed E-state index contributed by atoms with van der Waals surface area (Å²) >= 11 is 5.58. The molecule has 1 heterocycles. The Balaban J connectivity index is 0. The van der Waals surface area contributed by atoms with Crippen LogP contribution in [-0.2, 0) is 0 Å². The van der Waals surface area contributed by atoms with Crippen molar-refractivity contribution < 1.29 is 34.2 Å². The molecule has 0 amide bonds. The minimum Gasteiger partial charge on any atom is -0.870 e. The van der Waals surface area contributed by atoms with Crippen molar-refractivity contribution in [2.45, 2.75) is 6.92 Å². The third-order valence-electron chi connectivity index (χ3n) is 1.18. The van der Waals surface area contributed by atoms with Crippen molar-refractivity contribution in [3.05, 3.63) is 22.5 Å². The SMILES string of the molecule is Cc1[nH]c(C(=O)O)cc1Cl.[Li+].[OH-]. The van der Waals surface area contributed by atoms with Crippen LogP contribution in [0.3, 0.4) is 0 Å². The van der Waals surface area contributed by atoms with Crippen molar-refractivity contribution in [3.8, 4) is 0 Å². The first-order valence-electron chi connectivity index (χ1n) is 2.69. The van der Waals surface area contributed by atoms with Gasteiger partial charge in [-0.2, -0.15) is 0 Å². The van der Waals surface area contributed by atoms with Crippen LogP contribution in [0.1, 0.15) is 16.2 Å². The Labute approximate surface area is 86.4 Å². The fourth-order valence-corrected chi connectivity index (χ4v) is 0.804. The number of aromatic carboxylic acids is 1. The summed E-state index contributed by atoms with van der Waals surface area (Å²) < 4.78 is 0. The molecule has 0 aliphatic rings. The van der Waals surface area contributed by atoms with E-state index in [0.717, 1.165) is 0 Å². The zero-order valence-electron chi connectivity index (χ0n) is 6.76. The number of hydrogen-bond donors (Lipinski definition) is 2. The van der Waals surface area contributed by atoms with Gasteiger partial charge in [-0.1, -0.05) is 11.6 Å². The number of hydrogen-bond acceptors (Lipinski definition) is 2. The number of halogens is 1. The van der Waals surface area contributed by atoms with Crippen LogP contribution >= 0.6 is 11.6 Å². The number of carboxylic acids is 1. The largest absolute Gasteiger partial charge is 1.00 e. The minimum atomic E-state index is -0.991. The molecule has 0 spiro atoms. The Morgan fingerprint density at radius 2 is 2.17 bits per heavy atom. The molecule has 0 saturated carbocycles. The zero-order chi connectivity index (χ0) is 7.72. The molecule has 0 aliphatic heterocycles. The number of carbonyl (C=O) groups is 1. The van der Waals surface area contributed by atoms with Crippen LogP contribution in [-0.4, -0.2) is 21.5 Å². The number of carboxylic acid groups (broad SMARTS) is 1. The van der Waals surface area contributed by atoms with Crippen LogP contribution in [0.15, 0.2) is 6.07 Å². The molecular formula is C6H7ClLiNO3. The summed E-state index contributed by atoms with van der Waals surface area (Å²) in [5, 5.41) is 8.89. The molecule has 0 bridgehead atoms. The first-order valence-corrected chi connectivity index (χ1v) is 3.07. The summed E-state index contributed by atoms with van der Waals surface area (Å²) in [7, 11) is 0. The van der Waals surface area contributed by atoms with E-state index in [1.807, 2.05) is 0 Å². The monoisotopic (exact) mass is 183 g/mol. The van der Waals surface area contributed by atoms with Crippen molar-refractivity contribution in [1.29, 1.82) is 0 Å². The van der Waals surface area contributed by atoms with Gasteiger partial charge < -0.3 is 15.6 Å². The molecule has 1 aromatic rings. The van der Waals surface area contributed by atoms with E-state index in [2.05, 4.69) is 4.98 Å². The summed E-state index contributed by atoms with van der Waals surface area (Å²) in [6, 6.07) is 1.39. The molecule has 3 N–H and O–H groups in total. The fraction of sp³-hybridized carbons (Fsp3) is 0.167. The molecule has 1 aromatic heterocycles. The summed E-state index contributed by atoms with van der Waals surface area (Å²) in [5.74, 6) is -0.991. The fourth-order valence-electron chi connectivity index (χ4n) is 0.648. The van der Waals surface area contributed by atoms with Gasteiger partial charge in [0.15, 0.2) is 0 Å². The van der Waals surface area contributed by atoms with Gasteiger partial charge >= 0.3 is 24.8 Å². The van der Waals surface area contributed by atoms with Crippen LogP contribution in [0.2, 0.25) is 5.02 Å². The van der Waals surface area contributed by atoms with Crippen LogP contribution in [0.5, 0.6) is 0 Å². The topological polar surface area (TPSA) is 83.1 Å². The Hall–Kier alpha value is -0.403. The average molecular weight is 184 g/mol. The number of aryl methyl sites for hydroxylation is 1. The summed E-state index contributed by atoms with van der Waals surface area (Å²) in [4.78, 5) is 12.9. The van der Waals surface area contributed by atoms with E-state index in [1.54, 1.807) is 6.92 Å². The van der Waals surface area contributed by atoms with E-state index < -0.39 is 5.97 Å². The maximum absolute atomic E-state index is 10.3. The number of nitrogens with one attached hydrogen (secondary N) is 1. The first-order chi connectivity index (χ1) is 4.61. The minimum absolute atomic E-state index is 0. The number of aromatic amines is 1. The first kappa shape index (κ1) is 14.1. The van der Waals surface area contributed by atoms with Crippen molar-refractivity contribution in [2.24, 2.45) is 0 Å². The second kappa shape index (κ2) is 5.28. The Morgan fingerprint density at radius 1 is 1.67 bits per heavy atom. The standard InChI is InChI=1S/C6H6ClNO2.Li.H2O/c1-3-4(7)2-5(8-3)6(9)10;;/h2,8H,1H3,(H,9,10);;1H2/q;+1;/p-1. The predicted molar refractivity (Wildman–Crippen MR) is 39.4 cm³/mol. The molecule has 6 heteroatoms. The van der Waals surface area contributed by atoms with Crippen LogP contribution in [0.4, 0.5) is 0 Å². The van der Waals surface area contributed by atoms with Crippen molar-refractivity contribution in [2.75, 3.05) is 0 Å². The molecule has 0 saturated heterocycles. The van der Waals surface area contributed by atoms with E-state index in [9.17, 15) is 4.79 Å². The zero-order valence-corrected chi connectivity index (χ0v) is 7.51. The quantitative estimate of drug-likeness (QED) is 0.520. The normalized spacial score (nSPS) is 8.17. The molecule has 0 unspecified atom stereocenters. The van der Waals surface area contributed by atoms with Gasteiger partial charge in [0.2, 0.25) is 0 Å². The van der Waals surface area contributed by atoms with Crippen molar-refractivity contribution in [3.63, 3.8) is 0 Å². The summed E-state index contributed by atoms with van der Waals surface area (Å²) in [5.41, 5.74) is 0.807. The van der Waals surface area contributed by atoms with E-state index >= 15 is 0 Å². The van der Waals surface area contributed by atoms with Crippen molar-refractivity contribution >= 4 is 17.6 Å². The van der Waals surface area contributed by atoms with Crippen LogP contribution < -0.4 is 18.9 Å². The summed E-state index contributed by atoms with van der Waals surface area (Å²) in [6.45, 7) is 1.72. The third-order valence-corrected chi connectivity index (χ3v) is 1.57. The van der Waals surface area contributed by atoms with Crippen LogP contribution in [0, 0.1) is 6.92 Å². The van der Waals surface area contributed by atoms with Gasteiger partial charge in [-0.3, -0.25) is 0 Å². The molecule has 0 aromatic carbocycles. The average Bonchev–Trinajstić information content (AvgIpc) is 2.13. The molecular weight excluding hydrogens is 176 g/mol. The van der Waals surface area contributed by atoms with Gasteiger partial charge in [0, 0.05) is 5.69 Å². The molecule has 0 fully saturated rings. The second-order valence-electron chi connectivity index (χ2n) is 1.96. The van der Waals surface area contributed by atoms with E-state index in [4.69, 9.17) is 16.7 Å². The molecule has 0 aliphatic carbocycles. The number of rotatable bonds is 1. The van der Waals surface area contributed by atoms with E-state index in [1.165, 1.54) is 6.07 Å². The number of aromatic nitrogens is 1. The van der Waals surface area contributed by atoms with Gasteiger partial charge in [0.1, 0.15) is 5.69 Å². The molecule has 0 atom stereocenters. The molecule has 4 nitrogen and oxygen atoms in total. The van der Waals surface area contributed by atoms with Gasteiger partial charge in [0.05, 0.1) is 5.02 Å². The maximum Gasteiger partial charge on any atom is 1.00 e. The van der Waals surface area contributed by atoms with Crippen molar-refractivity contribution in [1.82, 2.24) is 4.98 Å². The Bertz CT molecular complexity index is 254. The smallest absolute Gasteiger partial charge is 0.870 e. The van der Waals surface area contributed by atoms with Gasteiger partial charge in [-0.05, 0) is 13.0 Å². The van der Waals surface area contributed by atoms with Gasteiger partial charge in [0.25, 0.3) is 0 Å². The predicted octanol–water partition coefficient (Wildman–Crippen LogP) is -1.50. The number of H-pyrrole nitrogens is 1. The Morgan fingerprint density at radius 3 is 2.33 bits per heavy atom. The van der Waals surface area contributed by atoms with Crippen LogP contribution in [0.25, 0.3) is 0 Å². The maximum atomic E-state index is 10.3. The van der Waals surface area contributed by atoms with Gasteiger partial charge in [-0.15, -0.1) is 0 Å². The van der Waals surface area contributed by atoms with E-state index in [-0.39, 0.29) is 30.0 Å². The van der Waals surface area contributed by atoms with Gasteiger partial charge in [-0.25, -0.2) is 4.79 Å². The molecule has 12 heavy (non-hydrogen) atoms. The molecule has 0 radical (unpaired) electrons. The molecule has 1 rings (SSSR count). The third kappa shape index (κ3) is 2.92. The van der Waals surface area contributed by atoms with E-state index in [0.29, 0.717) is 10.7 Å². The molecule has 62 valence electrons. The summed E-state index contributed by atoms with van der Waals surface area (Å²) in [6.07, 6.45) is 0. The Kier molecular flexibility index (Phi) is 6.22.